The number of ether oxygens (including phenoxy) is 2. The van der Waals surface area contributed by atoms with E-state index in [-0.39, 0.29) is 11.7 Å². The van der Waals surface area contributed by atoms with Gasteiger partial charge in [-0.1, -0.05) is 30.9 Å². The lowest BCUT2D eigenvalue weighted by Gasteiger charge is -2.09. The van der Waals surface area contributed by atoms with E-state index in [1.807, 2.05) is 36.4 Å². The van der Waals surface area contributed by atoms with E-state index in [0.717, 1.165) is 22.4 Å². The lowest BCUT2D eigenvalue weighted by atomic mass is 10.00. The van der Waals surface area contributed by atoms with Gasteiger partial charge in [-0.3, -0.25) is 4.79 Å². The van der Waals surface area contributed by atoms with Crippen LogP contribution in [0.4, 0.5) is 0 Å². The minimum Gasteiger partial charge on any atom is -0.507 e. The molecule has 0 fully saturated rings. The number of hydrogen-bond donors (Lipinski definition) is 1. The molecule has 4 heteroatoms. The molecule has 0 atom stereocenters. The molecule has 0 amide bonds. The van der Waals surface area contributed by atoms with Crippen LogP contribution in [0.25, 0.3) is 11.1 Å². The fourth-order valence-electron chi connectivity index (χ4n) is 2.20. The van der Waals surface area contributed by atoms with Crippen LogP contribution in [0.15, 0.2) is 55.1 Å². The molecule has 0 saturated carbocycles. The fourth-order valence-corrected chi connectivity index (χ4v) is 2.20. The molecule has 0 spiro atoms. The molecule has 4 nitrogen and oxygen atoms in total. The molecule has 0 aliphatic carbocycles. The SMILES string of the molecule is C=CCOc1ccc(-c2cc(CCC(=O)OC)ccc2O)cc1. The second-order valence-electron chi connectivity index (χ2n) is 5.05. The standard InChI is InChI=1S/C19H20O4/c1-3-12-23-16-8-6-15(7-9-16)17-13-14(4-10-18(17)20)5-11-19(21)22-2/h3-4,6-10,13,20H,1,5,11-12H2,2H3. The topological polar surface area (TPSA) is 55.8 Å². The fraction of sp³-hybridized carbons (Fsp3) is 0.211. The van der Waals surface area contributed by atoms with Gasteiger partial charge in [-0.2, -0.15) is 0 Å². The highest BCUT2D eigenvalue weighted by molar-refractivity contribution is 5.72. The summed E-state index contributed by atoms with van der Waals surface area (Å²) in [6.07, 6.45) is 2.57. The van der Waals surface area contributed by atoms with Crippen LogP contribution in [-0.2, 0) is 16.0 Å². The molecule has 2 aromatic rings. The van der Waals surface area contributed by atoms with E-state index in [1.54, 1.807) is 12.1 Å². The summed E-state index contributed by atoms with van der Waals surface area (Å²) in [6, 6.07) is 12.8. The molecule has 2 rings (SSSR count). The van der Waals surface area contributed by atoms with Gasteiger partial charge in [-0.05, 0) is 41.8 Å². The van der Waals surface area contributed by atoms with Gasteiger partial charge >= 0.3 is 5.97 Å². The number of aromatic hydroxyl groups is 1. The van der Waals surface area contributed by atoms with E-state index in [9.17, 15) is 9.90 Å². The van der Waals surface area contributed by atoms with Gasteiger partial charge in [-0.25, -0.2) is 0 Å². The molecule has 2 aromatic carbocycles. The predicted octanol–water partition coefficient (Wildman–Crippen LogP) is 3.73. The molecule has 0 saturated heterocycles. The van der Waals surface area contributed by atoms with E-state index in [4.69, 9.17) is 4.74 Å². The van der Waals surface area contributed by atoms with Crippen molar-refractivity contribution in [2.75, 3.05) is 13.7 Å². The molecule has 0 unspecified atom stereocenters. The van der Waals surface area contributed by atoms with Gasteiger partial charge in [0.2, 0.25) is 0 Å². The molecule has 120 valence electrons. The Hall–Kier alpha value is -2.75. The third-order valence-electron chi connectivity index (χ3n) is 3.44. The van der Waals surface area contributed by atoms with E-state index in [0.29, 0.717) is 19.4 Å². The van der Waals surface area contributed by atoms with E-state index >= 15 is 0 Å². The molecule has 0 aliphatic heterocycles. The van der Waals surface area contributed by atoms with Crippen LogP contribution < -0.4 is 4.74 Å². The Morgan fingerprint density at radius 1 is 1.22 bits per heavy atom. The lowest BCUT2D eigenvalue weighted by molar-refractivity contribution is -0.140. The third-order valence-corrected chi connectivity index (χ3v) is 3.44. The molecule has 0 aliphatic rings. The minimum atomic E-state index is -0.247. The van der Waals surface area contributed by atoms with Crippen molar-refractivity contribution in [1.82, 2.24) is 0 Å². The smallest absolute Gasteiger partial charge is 0.305 e. The molecule has 23 heavy (non-hydrogen) atoms. The normalized spacial score (nSPS) is 10.1. The maximum atomic E-state index is 11.2. The number of phenolic OH excluding ortho intramolecular Hbond substituents is 1. The Morgan fingerprint density at radius 3 is 2.61 bits per heavy atom. The Kier molecular flexibility index (Phi) is 5.80. The highest BCUT2D eigenvalue weighted by atomic mass is 16.5. The monoisotopic (exact) mass is 312 g/mol. The first-order valence-corrected chi connectivity index (χ1v) is 7.37. The summed E-state index contributed by atoms with van der Waals surface area (Å²) in [5.74, 6) is 0.699. The van der Waals surface area contributed by atoms with Gasteiger partial charge in [0.15, 0.2) is 0 Å². The van der Waals surface area contributed by atoms with Gasteiger partial charge in [0, 0.05) is 12.0 Å². The largest absolute Gasteiger partial charge is 0.507 e. The predicted molar refractivity (Wildman–Crippen MR) is 89.6 cm³/mol. The van der Waals surface area contributed by atoms with Crippen LogP contribution in [0.5, 0.6) is 11.5 Å². The van der Waals surface area contributed by atoms with Crippen LogP contribution in [0, 0.1) is 0 Å². The number of benzene rings is 2. The average molecular weight is 312 g/mol. The number of hydrogen-bond acceptors (Lipinski definition) is 4. The third kappa shape index (κ3) is 4.61. The molecule has 0 radical (unpaired) electrons. The molecule has 1 N–H and O–H groups in total. The number of aryl methyl sites for hydroxylation is 1. The van der Waals surface area contributed by atoms with Gasteiger partial charge in [0.25, 0.3) is 0 Å². The summed E-state index contributed by atoms with van der Waals surface area (Å²) in [5.41, 5.74) is 2.58. The van der Waals surface area contributed by atoms with Crippen molar-refractivity contribution in [3.63, 3.8) is 0 Å². The number of esters is 1. The van der Waals surface area contributed by atoms with Crippen LogP contribution in [0.1, 0.15) is 12.0 Å². The summed E-state index contributed by atoms with van der Waals surface area (Å²) in [5, 5.41) is 10.1. The van der Waals surface area contributed by atoms with Gasteiger partial charge in [0.1, 0.15) is 18.1 Å². The van der Waals surface area contributed by atoms with Gasteiger partial charge in [0.05, 0.1) is 7.11 Å². The van der Waals surface area contributed by atoms with Gasteiger partial charge < -0.3 is 14.6 Å². The van der Waals surface area contributed by atoms with Crippen LogP contribution in [0.2, 0.25) is 0 Å². The Labute approximate surface area is 136 Å². The highest BCUT2D eigenvalue weighted by Gasteiger charge is 2.08. The first-order valence-electron chi connectivity index (χ1n) is 7.37. The molecule has 0 aromatic heterocycles. The van der Waals surface area contributed by atoms with Crippen LogP contribution >= 0.6 is 0 Å². The molecular formula is C19H20O4. The molecule has 0 heterocycles. The zero-order valence-corrected chi connectivity index (χ0v) is 13.1. The van der Waals surface area contributed by atoms with Gasteiger partial charge in [-0.15, -0.1) is 0 Å². The maximum absolute atomic E-state index is 11.2. The first kappa shape index (κ1) is 16.6. The van der Waals surface area contributed by atoms with Crippen LogP contribution in [-0.4, -0.2) is 24.8 Å². The average Bonchev–Trinajstić information content (AvgIpc) is 2.59. The first-order chi connectivity index (χ1) is 11.1. The summed E-state index contributed by atoms with van der Waals surface area (Å²) in [6.45, 7) is 4.06. The zero-order valence-electron chi connectivity index (χ0n) is 13.1. The molecular weight excluding hydrogens is 292 g/mol. The number of carbonyl (C=O) groups excluding carboxylic acids is 1. The van der Waals surface area contributed by atoms with Crippen molar-refractivity contribution in [1.29, 1.82) is 0 Å². The van der Waals surface area contributed by atoms with Crippen molar-refractivity contribution in [2.24, 2.45) is 0 Å². The second kappa shape index (κ2) is 8.03. The van der Waals surface area contributed by atoms with E-state index < -0.39 is 0 Å². The van der Waals surface area contributed by atoms with Crippen molar-refractivity contribution in [3.8, 4) is 22.6 Å². The second-order valence-corrected chi connectivity index (χ2v) is 5.05. The van der Waals surface area contributed by atoms with Crippen molar-refractivity contribution in [3.05, 3.63) is 60.7 Å². The Morgan fingerprint density at radius 2 is 1.96 bits per heavy atom. The summed E-state index contributed by atoms with van der Waals surface area (Å²) in [7, 11) is 1.38. The Balaban J connectivity index is 2.17. The maximum Gasteiger partial charge on any atom is 0.305 e. The number of methoxy groups -OCH3 is 1. The van der Waals surface area contributed by atoms with Crippen molar-refractivity contribution in [2.45, 2.75) is 12.8 Å². The Bertz CT molecular complexity index is 674. The van der Waals surface area contributed by atoms with E-state index in [1.165, 1.54) is 7.11 Å². The van der Waals surface area contributed by atoms with Crippen LogP contribution in [0.3, 0.4) is 0 Å². The summed E-state index contributed by atoms with van der Waals surface area (Å²) >= 11 is 0. The number of carbonyl (C=O) groups is 1. The zero-order chi connectivity index (χ0) is 16.7. The minimum absolute atomic E-state index is 0.201. The number of phenols is 1. The number of rotatable bonds is 7. The lowest BCUT2D eigenvalue weighted by Crippen LogP contribution is -2.01. The molecule has 0 bridgehead atoms. The highest BCUT2D eigenvalue weighted by Crippen LogP contribution is 2.31. The van der Waals surface area contributed by atoms with Crippen molar-refractivity contribution >= 4 is 5.97 Å². The van der Waals surface area contributed by atoms with E-state index in [2.05, 4.69) is 11.3 Å². The summed E-state index contributed by atoms with van der Waals surface area (Å²) in [4.78, 5) is 11.2. The quantitative estimate of drug-likeness (QED) is 0.625. The summed E-state index contributed by atoms with van der Waals surface area (Å²) < 4.78 is 10.1. The van der Waals surface area contributed by atoms with Crippen molar-refractivity contribution < 1.29 is 19.4 Å².